The molecule has 9 nitrogen and oxygen atoms in total. The van der Waals surface area contributed by atoms with Crippen molar-refractivity contribution in [3.8, 4) is 5.75 Å². The highest BCUT2D eigenvalue weighted by Gasteiger charge is 2.74. The SMILES string of the molecule is COC(=O)[C@H]1OC(c2ccc(OC)cc2)=C[C@H]2C(=O)N(C(C)(C)C)C(=O)[C@@]12C(=O)OC. The molecule has 31 heavy (non-hydrogen) atoms. The third-order valence-corrected chi connectivity index (χ3v) is 5.49. The minimum Gasteiger partial charge on any atom is -0.497 e. The molecule has 9 heteroatoms. The quantitative estimate of drug-likeness (QED) is 0.401. The summed E-state index contributed by atoms with van der Waals surface area (Å²) < 4.78 is 20.7. The van der Waals surface area contributed by atoms with E-state index in [1.54, 1.807) is 45.0 Å². The van der Waals surface area contributed by atoms with Crippen LogP contribution in [-0.4, -0.2) is 61.6 Å². The van der Waals surface area contributed by atoms with E-state index in [0.717, 1.165) is 19.1 Å². The molecule has 2 aliphatic rings. The molecule has 0 aromatic heterocycles. The van der Waals surface area contributed by atoms with E-state index in [9.17, 15) is 19.2 Å². The van der Waals surface area contributed by atoms with Gasteiger partial charge in [0.2, 0.25) is 17.4 Å². The second kappa shape index (κ2) is 7.72. The maximum atomic E-state index is 13.5. The number of likely N-dealkylation sites (tertiary alicyclic amines) is 1. The molecule has 0 spiro atoms. The Balaban J connectivity index is 2.26. The molecule has 1 fully saturated rings. The lowest BCUT2D eigenvalue weighted by Gasteiger charge is -2.38. The number of nitrogens with zero attached hydrogens (tertiary/aromatic N) is 1. The van der Waals surface area contributed by atoms with Crippen LogP contribution < -0.4 is 4.74 Å². The van der Waals surface area contributed by atoms with Crippen LogP contribution in [0.15, 0.2) is 30.3 Å². The zero-order valence-electron chi connectivity index (χ0n) is 18.3. The van der Waals surface area contributed by atoms with Gasteiger partial charge in [-0.2, -0.15) is 0 Å². The van der Waals surface area contributed by atoms with E-state index in [1.165, 1.54) is 13.2 Å². The Morgan fingerprint density at radius 1 is 1.03 bits per heavy atom. The standard InChI is InChI=1S/C22H25NO8/c1-21(2,3)23-17(24)14-11-15(12-7-9-13(28-4)10-8-12)31-16(18(25)29-5)22(14,19(23)26)20(27)30-6/h7-11,14,16H,1-6H3/t14-,16+,22-/m0/s1. The Kier molecular flexibility index (Phi) is 5.56. The molecule has 0 bridgehead atoms. The highest BCUT2D eigenvalue weighted by atomic mass is 16.6. The average molecular weight is 431 g/mol. The monoisotopic (exact) mass is 431 g/mol. The van der Waals surface area contributed by atoms with Gasteiger partial charge in [0.05, 0.1) is 27.2 Å². The molecule has 0 aliphatic carbocycles. The summed E-state index contributed by atoms with van der Waals surface area (Å²) in [6.45, 7) is 4.98. The number of rotatable bonds is 4. The van der Waals surface area contributed by atoms with Gasteiger partial charge in [-0.05, 0) is 51.1 Å². The largest absolute Gasteiger partial charge is 0.497 e. The molecule has 2 heterocycles. The van der Waals surface area contributed by atoms with Crippen molar-refractivity contribution in [2.45, 2.75) is 32.4 Å². The Morgan fingerprint density at radius 3 is 2.13 bits per heavy atom. The van der Waals surface area contributed by atoms with Gasteiger partial charge in [-0.1, -0.05) is 0 Å². The summed E-state index contributed by atoms with van der Waals surface area (Å²) in [5, 5.41) is 0. The highest BCUT2D eigenvalue weighted by Crippen LogP contribution is 2.51. The van der Waals surface area contributed by atoms with Crippen molar-refractivity contribution in [2.75, 3.05) is 21.3 Å². The molecule has 1 aromatic rings. The number of amides is 2. The summed E-state index contributed by atoms with van der Waals surface area (Å²) in [4.78, 5) is 53.7. The van der Waals surface area contributed by atoms with Gasteiger partial charge in [-0.25, -0.2) is 4.79 Å². The van der Waals surface area contributed by atoms with Crippen LogP contribution in [0.4, 0.5) is 0 Å². The molecule has 0 unspecified atom stereocenters. The Morgan fingerprint density at radius 2 is 1.65 bits per heavy atom. The minimum atomic E-state index is -2.22. The van der Waals surface area contributed by atoms with Crippen molar-refractivity contribution in [2.24, 2.45) is 11.3 Å². The number of carbonyl (C=O) groups is 4. The topological polar surface area (TPSA) is 108 Å². The van der Waals surface area contributed by atoms with Crippen molar-refractivity contribution in [3.63, 3.8) is 0 Å². The van der Waals surface area contributed by atoms with E-state index in [4.69, 9.17) is 18.9 Å². The number of esters is 2. The molecule has 3 atom stereocenters. The number of imide groups is 1. The second-order valence-electron chi connectivity index (χ2n) is 8.27. The lowest BCUT2D eigenvalue weighted by molar-refractivity contribution is -0.181. The van der Waals surface area contributed by atoms with E-state index in [1.807, 2.05) is 0 Å². The summed E-state index contributed by atoms with van der Waals surface area (Å²) in [5.41, 5.74) is -2.63. The molecule has 2 amide bonds. The van der Waals surface area contributed by atoms with E-state index < -0.39 is 46.7 Å². The number of ether oxygens (including phenoxy) is 4. The third kappa shape index (κ3) is 3.24. The first kappa shape index (κ1) is 22.3. The van der Waals surface area contributed by atoms with Gasteiger partial charge >= 0.3 is 11.9 Å². The maximum Gasteiger partial charge on any atom is 0.348 e. The van der Waals surface area contributed by atoms with Crippen molar-refractivity contribution in [1.29, 1.82) is 0 Å². The first-order chi connectivity index (χ1) is 14.5. The number of methoxy groups -OCH3 is 3. The van der Waals surface area contributed by atoms with Crippen molar-refractivity contribution >= 4 is 29.5 Å². The summed E-state index contributed by atoms with van der Waals surface area (Å²) in [6, 6.07) is 6.70. The maximum absolute atomic E-state index is 13.5. The van der Waals surface area contributed by atoms with Gasteiger partial charge in [0, 0.05) is 11.1 Å². The van der Waals surface area contributed by atoms with Gasteiger partial charge in [-0.3, -0.25) is 19.3 Å². The van der Waals surface area contributed by atoms with Crippen molar-refractivity contribution < 1.29 is 38.1 Å². The smallest absolute Gasteiger partial charge is 0.348 e. The van der Waals surface area contributed by atoms with Crippen LogP contribution in [0.1, 0.15) is 26.3 Å². The van der Waals surface area contributed by atoms with Crippen LogP contribution in [0, 0.1) is 11.3 Å². The fraction of sp³-hybridized carbons (Fsp3) is 0.455. The van der Waals surface area contributed by atoms with E-state index in [-0.39, 0.29) is 5.76 Å². The molecular formula is C22H25NO8. The van der Waals surface area contributed by atoms with Gasteiger partial charge < -0.3 is 18.9 Å². The first-order valence-electron chi connectivity index (χ1n) is 9.61. The van der Waals surface area contributed by atoms with E-state index in [0.29, 0.717) is 11.3 Å². The van der Waals surface area contributed by atoms with Crippen LogP contribution in [0.2, 0.25) is 0 Å². The van der Waals surface area contributed by atoms with E-state index >= 15 is 0 Å². The molecule has 2 aliphatic heterocycles. The summed E-state index contributed by atoms with van der Waals surface area (Å²) in [6.07, 6.45) is -0.315. The molecule has 1 saturated heterocycles. The predicted octanol–water partition coefficient (Wildman–Crippen LogP) is 1.55. The molecule has 1 aromatic carbocycles. The zero-order valence-corrected chi connectivity index (χ0v) is 18.3. The lowest BCUT2D eigenvalue weighted by Crippen LogP contribution is -2.59. The van der Waals surface area contributed by atoms with Crippen LogP contribution in [0.25, 0.3) is 5.76 Å². The highest BCUT2D eigenvalue weighted by molar-refractivity contribution is 6.21. The summed E-state index contributed by atoms with van der Waals surface area (Å²) in [5.74, 6) is -4.02. The second-order valence-corrected chi connectivity index (χ2v) is 8.27. The third-order valence-electron chi connectivity index (χ3n) is 5.49. The fourth-order valence-corrected chi connectivity index (χ4v) is 4.03. The van der Waals surface area contributed by atoms with E-state index in [2.05, 4.69) is 0 Å². The molecule has 166 valence electrons. The number of hydrogen-bond donors (Lipinski definition) is 0. The molecular weight excluding hydrogens is 406 g/mol. The van der Waals surface area contributed by atoms with Crippen LogP contribution in [0.3, 0.4) is 0 Å². The normalized spacial score (nSPS) is 25.4. The first-order valence-corrected chi connectivity index (χ1v) is 9.61. The van der Waals surface area contributed by atoms with Crippen molar-refractivity contribution in [3.05, 3.63) is 35.9 Å². The van der Waals surface area contributed by atoms with Crippen molar-refractivity contribution in [1.82, 2.24) is 4.90 Å². The molecule has 0 saturated carbocycles. The number of carbonyl (C=O) groups excluding carboxylic acids is 4. The Hall–Kier alpha value is -3.36. The van der Waals surface area contributed by atoms with Gasteiger partial charge in [-0.15, -0.1) is 0 Å². The zero-order chi connectivity index (χ0) is 23.1. The van der Waals surface area contributed by atoms with Gasteiger partial charge in [0.25, 0.3) is 5.91 Å². The Labute approximate surface area is 179 Å². The van der Waals surface area contributed by atoms with Crippen LogP contribution >= 0.6 is 0 Å². The number of hydrogen-bond acceptors (Lipinski definition) is 8. The predicted molar refractivity (Wildman–Crippen MR) is 107 cm³/mol. The molecule has 3 rings (SSSR count). The lowest BCUT2D eigenvalue weighted by atomic mass is 9.70. The van der Waals surface area contributed by atoms with Gasteiger partial charge in [0.15, 0.2) is 0 Å². The number of benzene rings is 1. The fourth-order valence-electron chi connectivity index (χ4n) is 4.03. The molecule has 0 radical (unpaired) electrons. The van der Waals surface area contributed by atoms with Crippen LogP contribution in [0.5, 0.6) is 5.75 Å². The molecule has 0 N–H and O–H groups in total. The Bertz CT molecular complexity index is 959. The van der Waals surface area contributed by atoms with Gasteiger partial charge in [0.1, 0.15) is 11.5 Å². The number of fused-ring (bicyclic) bond motifs is 1. The minimum absolute atomic E-state index is 0.166. The summed E-state index contributed by atoms with van der Waals surface area (Å²) in [7, 11) is 3.72. The average Bonchev–Trinajstić information content (AvgIpc) is 2.99. The van der Waals surface area contributed by atoms with Crippen LogP contribution in [-0.2, 0) is 33.4 Å². The summed E-state index contributed by atoms with van der Waals surface area (Å²) >= 11 is 0.